The summed E-state index contributed by atoms with van der Waals surface area (Å²) in [6, 6.07) is 14.0. The van der Waals surface area contributed by atoms with Gasteiger partial charge >= 0.3 is 0 Å². The van der Waals surface area contributed by atoms with E-state index in [1.165, 1.54) is 34.1 Å². The summed E-state index contributed by atoms with van der Waals surface area (Å²) in [6.07, 6.45) is 0.861. The highest BCUT2D eigenvalue weighted by Gasteiger charge is 2.29. The van der Waals surface area contributed by atoms with Crippen molar-refractivity contribution in [3.8, 4) is 5.69 Å². The van der Waals surface area contributed by atoms with Crippen LogP contribution in [0.4, 0.5) is 10.1 Å². The summed E-state index contributed by atoms with van der Waals surface area (Å²) in [7, 11) is 0. The third-order valence-electron chi connectivity index (χ3n) is 4.28. The van der Waals surface area contributed by atoms with Gasteiger partial charge in [0.25, 0.3) is 0 Å². The van der Waals surface area contributed by atoms with E-state index in [1.807, 2.05) is 36.1 Å². The lowest BCUT2D eigenvalue weighted by Gasteiger charge is -2.21. The molecule has 132 valence electrons. The second-order valence-electron chi connectivity index (χ2n) is 5.98. The Morgan fingerprint density at radius 1 is 1.23 bits per heavy atom. The van der Waals surface area contributed by atoms with Crippen molar-refractivity contribution in [1.29, 1.82) is 0 Å². The van der Waals surface area contributed by atoms with Crippen molar-refractivity contribution in [1.82, 2.24) is 20.2 Å². The first-order chi connectivity index (χ1) is 12.6. The van der Waals surface area contributed by atoms with Gasteiger partial charge in [-0.15, -0.1) is 5.10 Å². The zero-order valence-electron chi connectivity index (χ0n) is 14.0. The number of hydrogen-bond donors (Lipinski definition) is 0. The Labute approximate surface area is 154 Å². The van der Waals surface area contributed by atoms with E-state index in [2.05, 4.69) is 15.5 Å². The molecule has 0 fully saturated rings. The average Bonchev–Trinajstić information content (AvgIpc) is 3.28. The number of thioether (sulfide) groups is 1. The number of rotatable bonds is 4. The van der Waals surface area contributed by atoms with Crippen LogP contribution in [-0.4, -0.2) is 37.9 Å². The summed E-state index contributed by atoms with van der Waals surface area (Å²) in [5.41, 5.74) is 2.67. The molecule has 1 amide bonds. The minimum atomic E-state index is -0.375. The highest BCUT2D eigenvalue weighted by molar-refractivity contribution is 8.00. The molecule has 1 unspecified atom stereocenters. The number of carbonyl (C=O) groups is 1. The molecule has 2 aromatic carbocycles. The van der Waals surface area contributed by atoms with Gasteiger partial charge in [0.15, 0.2) is 0 Å². The molecule has 0 saturated carbocycles. The minimum Gasteiger partial charge on any atom is -0.311 e. The van der Waals surface area contributed by atoms with Crippen molar-refractivity contribution in [3.63, 3.8) is 0 Å². The van der Waals surface area contributed by atoms with E-state index in [9.17, 15) is 9.18 Å². The maximum Gasteiger partial charge on any atom is 0.240 e. The molecule has 4 rings (SSSR count). The fourth-order valence-electron chi connectivity index (χ4n) is 3.02. The maximum absolute atomic E-state index is 13.5. The van der Waals surface area contributed by atoms with E-state index in [0.717, 1.165) is 12.1 Å². The number of halogens is 1. The van der Waals surface area contributed by atoms with E-state index < -0.39 is 0 Å². The number of hydrogen-bond acceptors (Lipinski definition) is 5. The third-order valence-corrected chi connectivity index (χ3v) is 5.30. The summed E-state index contributed by atoms with van der Waals surface area (Å²) >= 11 is 1.26. The number of nitrogens with zero attached hydrogens (tertiary/aromatic N) is 5. The Kier molecular flexibility index (Phi) is 4.42. The van der Waals surface area contributed by atoms with E-state index in [-0.39, 0.29) is 17.0 Å². The van der Waals surface area contributed by atoms with Gasteiger partial charge in [-0.3, -0.25) is 4.79 Å². The number of tetrazole rings is 1. The van der Waals surface area contributed by atoms with Crippen molar-refractivity contribution in [2.45, 2.75) is 23.8 Å². The lowest BCUT2D eigenvalue weighted by Crippen LogP contribution is -2.35. The number of anilines is 1. The number of amides is 1. The second-order valence-corrected chi connectivity index (χ2v) is 7.29. The van der Waals surface area contributed by atoms with Crippen LogP contribution in [0.2, 0.25) is 0 Å². The van der Waals surface area contributed by atoms with E-state index in [4.69, 9.17) is 0 Å². The predicted octanol–water partition coefficient (Wildman–Crippen LogP) is 2.87. The quantitative estimate of drug-likeness (QED) is 0.662. The van der Waals surface area contributed by atoms with Gasteiger partial charge in [0, 0.05) is 12.2 Å². The lowest BCUT2D eigenvalue weighted by molar-refractivity contribution is -0.117. The lowest BCUT2D eigenvalue weighted by atomic mass is 10.2. The predicted molar refractivity (Wildman–Crippen MR) is 96.9 cm³/mol. The number of fused-ring (bicyclic) bond motifs is 1. The van der Waals surface area contributed by atoms with Gasteiger partial charge in [-0.2, -0.15) is 4.68 Å². The number of benzene rings is 2. The van der Waals surface area contributed by atoms with Crippen LogP contribution in [-0.2, 0) is 11.2 Å². The first-order valence-corrected chi connectivity index (χ1v) is 9.12. The zero-order valence-corrected chi connectivity index (χ0v) is 14.9. The molecule has 26 heavy (non-hydrogen) atoms. The van der Waals surface area contributed by atoms with Crippen molar-refractivity contribution in [2.24, 2.45) is 0 Å². The van der Waals surface area contributed by atoms with Gasteiger partial charge in [-0.05, 0) is 53.6 Å². The topological polar surface area (TPSA) is 63.9 Å². The van der Waals surface area contributed by atoms with Crippen molar-refractivity contribution in [3.05, 3.63) is 59.9 Å². The first-order valence-electron chi connectivity index (χ1n) is 8.24. The van der Waals surface area contributed by atoms with Crippen molar-refractivity contribution in [2.75, 3.05) is 11.4 Å². The van der Waals surface area contributed by atoms with Gasteiger partial charge in [0.05, 0.1) is 10.9 Å². The molecule has 2 heterocycles. The van der Waals surface area contributed by atoms with E-state index in [0.29, 0.717) is 17.4 Å². The Balaban J connectivity index is 1.54. The van der Waals surface area contributed by atoms with Crippen LogP contribution < -0.4 is 4.90 Å². The van der Waals surface area contributed by atoms with Crippen molar-refractivity contribution >= 4 is 23.4 Å². The standard InChI is InChI=1S/C18H16FN5OS/c1-12(17(25)23-10-9-13-5-2-3-8-16(13)23)26-18-20-21-22-24(18)15-7-4-6-14(19)11-15/h2-8,11-12H,9-10H2,1H3. The van der Waals surface area contributed by atoms with Gasteiger partial charge in [-0.1, -0.05) is 36.0 Å². The van der Waals surface area contributed by atoms with Crippen LogP contribution in [0.25, 0.3) is 5.69 Å². The summed E-state index contributed by atoms with van der Waals surface area (Å²) in [5.74, 6) is -0.361. The molecular weight excluding hydrogens is 353 g/mol. The summed E-state index contributed by atoms with van der Waals surface area (Å²) < 4.78 is 14.9. The van der Waals surface area contributed by atoms with Crippen molar-refractivity contribution < 1.29 is 9.18 Å². The van der Waals surface area contributed by atoms with E-state index in [1.54, 1.807) is 12.1 Å². The molecule has 3 aromatic rings. The fraction of sp³-hybridized carbons (Fsp3) is 0.222. The molecule has 0 radical (unpaired) electrons. The molecule has 0 N–H and O–H groups in total. The first kappa shape index (κ1) is 16.7. The second kappa shape index (κ2) is 6.87. The average molecular weight is 369 g/mol. The summed E-state index contributed by atoms with van der Waals surface area (Å²) in [4.78, 5) is 14.7. The molecule has 1 atom stereocenters. The molecule has 0 spiro atoms. The van der Waals surface area contributed by atoms with Crippen LogP contribution in [0.5, 0.6) is 0 Å². The van der Waals surface area contributed by atoms with Gasteiger partial charge in [-0.25, -0.2) is 4.39 Å². The molecule has 0 saturated heterocycles. The largest absolute Gasteiger partial charge is 0.311 e. The fourth-order valence-corrected chi connectivity index (χ4v) is 3.89. The highest BCUT2D eigenvalue weighted by atomic mass is 32.2. The SMILES string of the molecule is CC(Sc1nnnn1-c1cccc(F)c1)C(=O)N1CCc2ccccc21. The Bertz CT molecular complexity index is 960. The normalized spacial score (nSPS) is 14.3. The van der Waals surface area contributed by atoms with Crippen LogP contribution in [0.15, 0.2) is 53.7 Å². The Morgan fingerprint density at radius 2 is 2.08 bits per heavy atom. The van der Waals surface area contributed by atoms with Gasteiger partial charge < -0.3 is 4.90 Å². The van der Waals surface area contributed by atoms with Crippen LogP contribution in [0, 0.1) is 5.82 Å². The van der Waals surface area contributed by atoms with E-state index >= 15 is 0 Å². The van der Waals surface area contributed by atoms with Crippen LogP contribution in [0.1, 0.15) is 12.5 Å². The highest BCUT2D eigenvalue weighted by Crippen LogP contribution is 2.31. The molecule has 8 heteroatoms. The van der Waals surface area contributed by atoms with Crippen LogP contribution in [0.3, 0.4) is 0 Å². The summed E-state index contributed by atoms with van der Waals surface area (Å²) in [5, 5.41) is 11.6. The minimum absolute atomic E-state index is 0.00809. The third kappa shape index (κ3) is 3.08. The van der Waals surface area contributed by atoms with Gasteiger partial charge in [0.2, 0.25) is 11.1 Å². The molecular formula is C18H16FN5OS. The maximum atomic E-state index is 13.5. The molecule has 1 aliphatic heterocycles. The number of para-hydroxylation sites is 1. The summed E-state index contributed by atoms with van der Waals surface area (Å²) in [6.45, 7) is 2.51. The number of carbonyl (C=O) groups excluding carboxylic acids is 1. The molecule has 6 nitrogen and oxygen atoms in total. The monoisotopic (exact) mass is 369 g/mol. The number of aromatic nitrogens is 4. The molecule has 0 bridgehead atoms. The zero-order chi connectivity index (χ0) is 18.1. The molecule has 1 aromatic heterocycles. The molecule has 0 aliphatic carbocycles. The Hall–Kier alpha value is -2.74. The van der Waals surface area contributed by atoms with Gasteiger partial charge in [0.1, 0.15) is 5.82 Å². The van der Waals surface area contributed by atoms with Crippen LogP contribution >= 0.6 is 11.8 Å². The molecule has 1 aliphatic rings. The Morgan fingerprint density at radius 3 is 2.92 bits per heavy atom. The smallest absolute Gasteiger partial charge is 0.240 e.